The number of hydrogen-bond donors (Lipinski definition) is 1. The van der Waals surface area contributed by atoms with E-state index in [9.17, 15) is 18.0 Å². The lowest BCUT2D eigenvalue weighted by Crippen LogP contribution is -2.49. The lowest BCUT2D eigenvalue weighted by atomic mass is 9.95. The summed E-state index contributed by atoms with van der Waals surface area (Å²) in [6.07, 6.45) is 5.10. The Morgan fingerprint density at radius 1 is 1.19 bits per heavy atom. The Kier molecular flexibility index (Phi) is 7.57. The Morgan fingerprint density at radius 3 is 2.47 bits per heavy atom. The van der Waals surface area contributed by atoms with Crippen LogP contribution in [0.5, 0.6) is 0 Å². The third kappa shape index (κ3) is 5.34. The number of halogens is 1. The fraction of sp³-hybridized carbons (Fsp3) is 0.480. The van der Waals surface area contributed by atoms with Crippen LogP contribution < -0.4 is 5.32 Å². The summed E-state index contributed by atoms with van der Waals surface area (Å²) in [7, 11) is -3.22. The monoisotopic (exact) mass is 577 g/mol. The van der Waals surface area contributed by atoms with Crippen molar-refractivity contribution < 1.29 is 18.0 Å². The summed E-state index contributed by atoms with van der Waals surface area (Å²) in [6.45, 7) is 9.95. The smallest absolute Gasteiger partial charge is 0.254 e. The molecule has 1 fully saturated rings. The molecule has 1 saturated heterocycles. The summed E-state index contributed by atoms with van der Waals surface area (Å²) in [4.78, 5) is 32.0. The normalized spacial score (nSPS) is 20.8. The van der Waals surface area contributed by atoms with E-state index in [0.29, 0.717) is 37.5 Å². The third-order valence-corrected chi connectivity index (χ3v) is 8.86. The lowest BCUT2D eigenvalue weighted by molar-refractivity contribution is -0.120. The van der Waals surface area contributed by atoms with Crippen molar-refractivity contribution in [3.05, 3.63) is 51.3 Å². The van der Waals surface area contributed by atoms with Gasteiger partial charge in [-0.05, 0) is 67.4 Å². The zero-order chi connectivity index (χ0) is 26.4. The van der Waals surface area contributed by atoms with Gasteiger partial charge in [-0.3, -0.25) is 14.5 Å². The number of piperazine rings is 1. The Morgan fingerprint density at radius 2 is 1.86 bits per heavy atom. The molecule has 11 heteroatoms. The number of fused-ring (bicyclic) bond motifs is 1. The predicted octanol–water partition coefficient (Wildman–Crippen LogP) is 2.94. The molecule has 0 aliphatic carbocycles. The van der Waals surface area contributed by atoms with Crippen LogP contribution in [-0.4, -0.2) is 78.5 Å². The van der Waals surface area contributed by atoms with Gasteiger partial charge in [0.25, 0.3) is 11.8 Å². The Hall–Kier alpha value is -2.34. The maximum absolute atomic E-state index is 13.4. The van der Waals surface area contributed by atoms with Crippen molar-refractivity contribution >= 4 is 49.0 Å². The number of pyridine rings is 1. The van der Waals surface area contributed by atoms with E-state index >= 15 is 0 Å². The van der Waals surface area contributed by atoms with Gasteiger partial charge in [0.1, 0.15) is 0 Å². The van der Waals surface area contributed by atoms with Gasteiger partial charge in [-0.1, -0.05) is 5.57 Å². The molecule has 2 atom stereocenters. The molecule has 4 rings (SSSR count). The molecule has 2 aromatic heterocycles. The number of carbonyl (C=O) groups is 2. The molecule has 2 amide bonds. The first kappa shape index (κ1) is 26.7. The number of sulfonamides is 1. The van der Waals surface area contributed by atoms with Crippen molar-refractivity contribution in [2.45, 2.75) is 33.7 Å². The van der Waals surface area contributed by atoms with Crippen LogP contribution in [0.2, 0.25) is 0 Å². The molecule has 1 N–H and O–H groups in total. The fourth-order valence-corrected chi connectivity index (χ4v) is 6.40. The number of nitrogens with zero attached hydrogens (tertiary/aromatic N) is 4. The van der Waals surface area contributed by atoms with Crippen LogP contribution in [0.25, 0.3) is 5.52 Å². The van der Waals surface area contributed by atoms with Gasteiger partial charge in [-0.2, -0.15) is 4.31 Å². The van der Waals surface area contributed by atoms with E-state index in [2.05, 4.69) is 42.5 Å². The molecule has 9 nitrogen and oxygen atoms in total. The standard InChI is InChI=1S/C25H32BrN5O4S/c1-15-10-16(2)28-25(33)22(15)13-27-24(32)21-12-20-11-19(26)14-31(20)23(17(21)3)18(4)29-6-8-30(9-7-29)36(5,34)35/h10-12,14,18,22H,6-9,13H2,1-5H3,(H,27,32). The van der Waals surface area contributed by atoms with Crippen LogP contribution >= 0.6 is 15.9 Å². The zero-order valence-corrected chi connectivity index (χ0v) is 23.6. The minimum Gasteiger partial charge on any atom is -0.351 e. The van der Waals surface area contributed by atoms with E-state index in [-0.39, 0.29) is 24.4 Å². The highest BCUT2D eigenvalue weighted by molar-refractivity contribution is 9.10. The fourth-order valence-electron chi connectivity index (χ4n) is 5.13. The second kappa shape index (κ2) is 10.2. The van der Waals surface area contributed by atoms with Crippen LogP contribution in [0.1, 0.15) is 48.4 Å². The maximum atomic E-state index is 13.4. The average molecular weight is 579 g/mol. The predicted molar refractivity (Wildman–Crippen MR) is 144 cm³/mol. The number of amides is 2. The number of carbonyl (C=O) groups excluding carboxylic acids is 2. The Balaban J connectivity index is 1.61. The second-order valence-electron chi connectivity index (χ2n) is 9.64. The van der Waals surface area contributed by atoms with E-state index < -0.39 is 15.9 Å². The first-order chi connectivity index (χ1) is 16.9. The van der Waals surface area contributed by atoms with Crippen molar-refractivity contribution in [3.8, 4) is 0 Å². The summed E-state index contributed by atoms with van der Waals surface area (Å²) in [6, 6.07) is 3.77. The summed E-state index contributed by atoms with van der Waals surface area (Å²) in [5.74, 6) is -0.943. The zero-order valence-electron chi connectivity index (χ0n) is 21.2. The highest BCUT2D eigenvalue weighted by atomic mass is 79.9. The minimum absolute atomic E-state index is 0.0522. The van der Waals surface area contributed by atoms with Gasteiger partial charge < -0.3 is 9.72 Å². The first-order valence-corrected chi connectivity index (χ1v) is 14.6. The summed E-state index contributed by atoms with van der Waals surface area (Å²) < 4.78 is 28.4. The van der Waals surface area contributed by atoms with Gasteiger partial charge in [0, 0.05) is 71.9 Å². The van der Waals surface area contributed by atoms with Gasteiger partial charge in [-0.25, -0.2) is 13.4 Å². The van der Waals surface area contributed by atoms with Gasteiger partial charge in [0.15, 0.2) is 0 Å². The van der Waals surface area contributed by atoms with Gasteiger partial charge in [0.05, 0.1) is 12.2 Å². The van der Waals surface area contributed by atoms with Crippen molar-refractivity contribution in [2.75, 3.05) is 39.0 Å². The van der Waals surface area contributed by atoms with Crippen molar-refractivity contribution in [3.63, 3.8) is 0 Å². The molecular formula is C25H32BrN5O4S. The number of aromatic nitrogens is 1. The van der Waals surface area contributed by atoms with E-state index in [0.717, 1.165) is 26.8 Å². The van der Waals surface area contributed by atoms with E-state index in [1.54, 1.807) is 6.92 Å². The molecule has 2 unspecified atom stereocenters. The molecule has 0 bridgehead atoms. The minimum atomic E-state index is -3.22. The van der Waals surface area contributed by atoms with E-state index in [4.69, 9.17) is 0 Å². The first-order valence-electron chi connectivity index (χ1n) is 11.9. The quantitative estimate of drug-likeness (QED) is 0.568. The van der Waals surface area contributed by atoms with E-state index in [1.807, 2.05) is 38.3 Å². The van der Waals surface area contributed by atoms with Crippen LogP contribution in [-0.2, 0) is 14.8 Å². The molecular weight excluding hydrogens is 546 g/mol. The van der Waals surface area contributed by atoms with Crippen LogP contribution in [0.15, 0.2) is 39.4 Å². The Labute approximate surface area is 220 Å². The van der Waals surface area contributed by atoms with Gasteiger partial charge in [-0.15, -0.1) is 0 Å². The number of aliphatic imine (C=N–C) groups is 1. The number of hydrogen-bond acceptors (Lipinski definition) is 5. The molecule has 0 spiro atoms. The molecule has 4 heterocycles. The Bertz CT molecular complexity index is 1390. The van der Waals surface area contributed by atoms with Crippen LogP contribution in [0, 0.1) is 12.8 Å². The molecule has 2 aliphatic heterocycles. The molecule has 0 saturated carbocycles. The SMILES string of the molecule is CC1=CC(C)=NC(=O)C1CNC(=O)c1cc2cc(Br)cn2c(C(C)N2CCN(S(C)(=O)=O)CC2)c1C. The summed E-state index contributed by atoms with van der Waals surface area (Å²) in [5, 5.41) is 2.95. The summed E-state index contributed by atoms with van der Waals surface area (Å²) in [5.41, 5.74) is 4.81. The highest BCUT2D eigenvalue weighted by Gasteiger charge is 2.30. The number of rotatable bonds is 6. The molecule has 2 aromatic rings. The number of dihydropyridines is 1. The van der Waals surface area contributed by atoms with Crippen molar-refractivity contribution in [2.24, 2.45) is 10.9 Å². The van der Waals surface area contributed by atoms with Gasteiger partial charge in [0.2, 0.25) is 10.0 Å². The highest BCUT2D eigenvalue weighted by Crippen LogP contribution is 2.31. The second-order valence-corrected chi connectivity index (χ2v) is 12.5. The topological polar surface area (TPSA) is 104 Å². The van der Waals surface area contributed by atoms with E-state index in [1.165, 1.54) is 10.6 Å². The molecule has 2 aliphatic rings. The number of allylic oxidation sites excluding steroid dienone is 1. The largest absolute Gasteiger partial charge is 0.351 e. The molecule has 0 radical (unpaired) electrons. The van der Waals surface area contributed by atoms with Crippen LogP contribution in [0.3, 0.4) is 0 Å². The average Bonchev–Trinajstić information content (AvgIpc) is 3.16. The van der Waals surface area contributed by atoms with Gasteiger partial charge >= 0.3 is 0 Å². The molecule has 194 valence electrons. The third-order valence-electron chi connectivity index (χ3n) is 7.12. The van der Waals surface area contributed by atoms with Crippen LogP contribution in [0.4, 0.5) is 0 Å². The van der Waals surface area contributed by atoms with Crippen molar-refractivity contribution in [1.29, 1.82) is 0 Å². The maximum Gasteiger partial charge on any atom is 0.254 e. The van der Waals surface area contributed by atoms with Crippen molar-refractivity contribution in [1.82, 2.24) is 18.9 Å². The molecule has 0 aromatic carbocycles. The summed E-state index contributed by atoms with van der Waals surface area (Å²) >= 11 is 3.56. The lowest BCUT2D eigenvalue weighted by Gasteiger charge is -2.37. The number of nitrogens with one attached hydrogen (secondary N) is 1. The molecule has 36 heavy (non-hydrogen) atoms.